The second-order valence-corrected chi connectivity index (χ2v) is 4.48. The summed E-state index contributed by atoms with van der Waals surface area (Å²) in [5.74, 6) is -0.954. The largest absolute Gasteiger partial charge is 0.369 e. The van der Waals surface area contributed by atoms with Gasteiger partial charge in [-0.25, -0.2) is 0 Å². The van der Waals surface area contributed by atoms with E-state index < -0.39 is 5.91 Å². The summed E-state index contributed by atoms with van der Waals surface area (Å²) in [7, 11) is 1.56. The molecule has 1 atom stereocenters. The maximum absolute atomic E-state index is 11.7. The topological polar surface area (TPSA) is 95.7 Å². The number of amides is 3. The highest BCUT2D eigenvalue weighted by Crippen LogP contribution is 2.10. The Bertz CT molecular complexity index is 345. The van der Waals surface area contributed by atoms with Gasteiger partial charge < -0.3 is 16.0 Å². The number of nitrogens with two attached hydrogens (primary N) is 1. The molecule has 1 aliphatic rings. The van der Waals surface area contributed by atoms with Crippen molar-refractivity contribution in [3.05, 3.63) is 0 Å². The van der Waals surface area contributed by atoms with Crippen LogP contribution in [-0.2, 0) is 14.4 Å². The van der Waals surface area contributed by atoms with Gasteiger partial charge in [0, 0.05) is 40.2 Å². The van der Waals surface area contributed by atoms with Gasteiger partial charge in [0.05, 0.1) is 12.5 Å². The maximum Gasteiger partial charge on any atom is 0.231 e. The van der Waals surface area contributed by atoms with Crippen molar-refractivity contribution in [1.82, 2.24) is 15.1 Å². The number of nitrogens with zero attached hydrogens (tertiary/aromatic N) is 2. The molecule has 7 nitrogen and oxygen atoms in total. The second kappa shape index (κ2) is 6.34. The zero-order valence-corrected chi connectivity index (χ0v) is 10.8. The van der Waals surface area contributed by atoms with Crippen LogP contribution in [0.2, 0.25) is 0 Å². The summed E-state index contributed by atoms with van der Waals surface area (Å²) in [6.45, 7) is 3.46. The first-order valence-corrected chi connectivity index (χ1v) is 5.91. The second-order valence-electron chi connectivity index (χ2n) is 4.48. The Kier molecular flexibility index (Phi) is 5.08. The number of hydrogen-bond acceptors (Lipinski definition) is 4. The van der Waals surface area contributed by atoms with Crippen molar-refractivity contribution in [1.29, 1.82) is 0 Å². The molecule has 1 rings (SSSR count). The summed E-state index contributed by atoms with van der Waals surface area (Å²) in [4.78, 5) is 37.5. The van der Waals surface area contributed by atoms with Crippen LogP contribution < -0.4 is 11.1 Å². The molecule has 7 heteroatoms. The molecule has 3 N–H and O–H groups in total. The van der Waals surface area contributed by atoms with Gasteiger partial charge in [0.2, 0.25) is 17.7 Å². The van der Waals surface area contributed by atoms with Crippen LogP contribution in [-0.4, -0.2) is 67.3 Å². The average Bonchev–Trinajstić information content (AvgIpc) is 2.50. The van der Waals surface area contributed by atoms with Crippen LogP contribution in [0.25, 0.3) is 0 Å². The lowest BCUT2D eigenvalue weighted by Crippen LogP contribution is -2.42. The minimum Gasteiger partial charge on any atom is -0.369 e. The third-order valence-corrected chi connectivity index (χ3v) is 3.05. The van der Waals surface area contributed by atoms with Gasteiger partial charge >= 0.3 is 0 Å². The van der Waals surface area contributed by atoms with Gasteiger partial charge in [-0.3, -0.25) is 19.3 Å². The number of hydrogen-bond donors (Lipinski definition) is 2. The van der Waals surface area contributed by atoms with E-state index in [0.717, 1.165) is 0 Å². The molecule has 1 saturated heterocycles. The molecular weight excluding hydrogens is 236 g/mol. The van der Waals surface area contributed by atoms with Crippen LogP contribution in [0, 0.1) is 5.92 Å². The number of carbonyl (C=O) groups is 3. The van der Waals surface area contributed by atoms with E-state index in [1.165, 1.54) is 6.92 Å². The van der Waals surface area contributed by atoms with Gasteiger partial charge in [-0.05, 0) is 0 Å². The van der Waals surface area contributed by atoms with Crippen molar-refractivity contribution in [3.63, 3.8) is 0 Å². The van der Waals surface area contributed by atoms with Crippen LogP contribution in [0.3, 0.4) is 0 Å². The minimum atomic E-state index is -0.429. The summed E-state index contributed by atoms with van der Waals surface area (Å²) in [6, 6.07) is 0. The maximum atomic E-state index is 11.7. The molecule has 0 saturated carbocycles. The Morgan fingerprint density at radius 3 is 2.44 bits per heavy atom. The minimum absolute atomic E-state index is 0.0650. The molecule has 1 aliphatic heterocycles. The number of nitrogens with one attached hydrogen (secondary N) is 1. The Morgan fingerprint density at radius 2 is 1.94 bits per heavy atom. The lowest BCUT2D eigenvalue weighted by atomic mass is 10.1. The molecule has 0 radical (unpaired) electrons. The molecule has 18 heavy (non-hydrogen) atoms. The first-order valence-electron chi connectivity index (χ1n) is 5.91. The molecule has 1 heterocycles. The molecule has 0 aromatic rings. The van der Waals surface area contributed by atoms with E-state index in [1.54, 1.807) is 11.9 Å². The highest BCUT2D eigenvalue weighted by molar-refractivity contribution is 5.80. The number of carbonyl (C=O) groups excluding carboxylic acids is 3. The van der Waals surface area contributed by atoms with Crippen LogP contribution in [0.4, 0.5) is 0 Å². The molecule has 1 fully saturated rings. The molecule has 0 unspecified atom stereocenters. The monoisotopic (exact) mass is 256 g/mol. The van der Waals surface area contributed by atoms with Gasteiger partial charge in [-0.15, -0.1) is 0 Å². The van der Waals surface area contributed by atoms with Gasteiger partial charge in [-0.2, -0.15) is 0 Å². The fraction of sp³-hybridized carbons (Fsp3) is 0.727. The molecule has 0 aromatic heterocycles. The van der Waals surface area contributed by atoms with E-state index in [2.05, 4.69) is 5.32 Å². The molecule has 102 valence electrons. The first-order chi connectivity index (χ1) is 8.43. The van der Waals surface area contributed by atoms with Gasteiger partial charge in [0.15, 0.2) is 0 Å². The molecule has 0 bridgehead atoms. The van der Waals surface area contributed by atoms with E-state index >= 15 is 0 Å². The van der Waals surface area contributed by atoms with E-state index in [9.17, 15) is 14.4 Å². The van der Waals surface area contributed by atoms with Crippen molar-refractivity contribution in [2.45, 2.75) is 6.92 Å². The SMILES string of the molecule is CNC(=O)[C@H]1CN(CC(N)=O)CCN(C(C)=O)C1. The predicted molar refractivity (Wildman–Crippen MR) is 65.4 cm³/mol. The van der Waals surface area contributed by atoms with Crippen molar-refractivity contribution in [3.8, 4) is 0 Å². The summed E-state index contributed by atoms with van der Waals surface area (Å²) < 4.78 is 0. The molecular formula is C11H20N4O3. The van der Waals surface area contributed by atoms with Crippen LogP contribution in [0.1, 0.15) is 6.92 Å². The Morgan fingerprint density at radius 1 is 1.28 bits per heavy atom. The fourth-order valence-electron chi connectivity index (χ4n) is 2.10. The van der Waals surface area contributed by atoms with Crippen molar-refractivity contribution < 1.29 is 14.4 Å². The summed E-state index contributed by atoms with van der Waals surface area (Å²) >= 11 is 0. The number of primary amides is 1. The predicted octanol–water partition coefficient (Wildman–Crippen LogP) is -2.00. The smallest absolute Gasteiger partial charge is 0.231 e. The van der Waals surface area contributed by atoms with Gasteiger partial charge in [0.1, 0.15) is 0 Å². The highest BCUT2D eigenvalue weighted by atomic mass is 16.2. The third kappa shape index (κ3) is 3.99. The molecule has 0 aliphatic carbocycles. The molecule has 0 aromatic carbocycles. The quantitative estimate of drug-likeness (QED) is 0.610. The standard InChI is InChI=1S/C11H20N4O3/c1-8(16)15-4-3-14(7-10(12)17)5-9(6-15)11(18)13-2/h9H,3-7H2,1-2H3,(H2,12,17)(H,13,18)/t9-/m0/s1. The Balaban J connectivity index is 2.76. The Labute approximate surface area is 106 Å². The van der Waals surface area contributed by atoms with E-state index in [1.807, 2.05) is 4.90 Å². The molecule has 3 amide bonds. The van der Waals surface area contributed by atoms with E-state index in [-0.39, 0.29) is 24.3 Å². The van der Waals surface area contributed by atoms with Crippen LogP contribution >= 0.6 is 0 Å². The van der Waals surface area contributed by atoms with Gasteiger partial charge in [-0.1, -0.05) is 0 Å². The zero-order chi connectivity index (χ0) is 13.7. The lowest BCUT2D eigenvalue weighted by Gasteiger charge is -2.22. The third-order valence-electron chi connectivity index (χ3n) is 3.05. The van der Waals surface area contributed by atoms with Gasteiger partial charge in [0.25, 0.3) is 0 Å². The van der Waals surface area contributed by atoms with Crippen molar-refractivity contribution in [2.75, 3.05) is 39.8 Å². The van der Waals surface area contributed by atoms with Crippen LogP contribution in [0.15, 0.2) is 0 Å². The lowest BCUT2D eigenvalue weighted by molar-refractivity contribution is -0.131. The number of rotatable bonds is 3. The zero-order valence-electron chi connectivity index (χ0n) is 10.8. The Hall–Kier alpha value is -1.63. The van der Waals surface area contributed by atoms with Crippen molar-refractivity contribution >= 4 is 17.7 Å². The summed E-state index contributed by atoms with van der Waals surface area (Å²) in [5.41, 5.74) is 5.16. The molecule has 0 spiro atoms. The van der Waals surface area contributed by atoms with E-state index in [4.69, 9.17) is 5.73 Å². The first kappa shape index (κ1) is 14.4. The summed E-state index contributed by atoms with van der Waals surface area (Å²) in [6.07, 6.45) is 0. The summed E-state index contributed by atoms with van der Waals surface area (Å²) in [5, 5.41) is 2.58. The van der Waals surface area contributed by atoms with Crippen molar-refractivity contribution in [2.24, 2.45) is 11.7 Å². The van der Waals surface area contributed by atoms with E-state index in [0.29, 0.717) is 26.2 Å². The average molecular weight is 256 g/mol. The van der Waals surface area contributed by atoms with Crippen LogP contribution in [0.5, 0.6) is 0 Å². The normalized spacial score (nSPS) is 21.2. The highest BCUT2D eigenvalue weighted by Gasteiger charge is 2.28. The fourth-order valence-corrected chi connectivity index (χ4v) is 2.10.